The average molecular weight is 383 g/mol. The smallest absolute Gasteiger partial charge is 0.273 e. The summed E-state index contributed by atoms with van der Waals surface area (Å²) in [7, 11) is -4.11. The van der Waals surface area contributed by atoms with Crippen LogP contribution in [0.2, 0.25) is 0 Å². The van der Waals surface area contributed by atoms with Gasteiger partial charge in [-0.1, -0.05) is 6.07 Å². The van der Waals surface area contributed by atoms with Crippen molar-refractivity contribution in [2.24, 2.45) is 0 Å². The molecule has 5 rings (SSSR count). The molecule has 134 valence electrons. The largest absolute Gasteiger partial charge is 0.463 e. The van der Waals surface area contributed by atoms with Gasteiger partial charge in [-0.2, -0.15) is 4.98 Å². The molecule has 0 unspecified atom stereocenters. The minimum absolute atomic E-state index is 0.0161. The Morgan fingerprint density at radius 1 is 1.04 bits per heavy atom. The maximum absolute atomic E-state index is 13.2. The Hall–Kier alpha value is -3.80. The zero-order valence-electron chi connectivity index (χ0n) is 13.3. The van der Waals surface area contributed by atoms with Crippen molar-refractivity contribution in [1.82, 2.24) is 29.2 Å². The highest BCUT2D eigenvalue weighted by Gasteiger charge is 2.27. The SMILES string of the molecule is Nc1nc(-c2ccco2)c2ncn(S(=O)(=O)c3cccc4nonc34)c2n1. The maximum Gasteiger partial charge on any atom is 0.273 e. The Labute approximate surface area is 150 Å². The number of nitrogens with zero attached hydrogens (tertiary/aromatic N) is 6. The Kier molecular flexibility index (Phi) is 3.06. The Balaban J connectivity index is 1.80. The minimum Gasteiger partial charge on any atom is -0.463 e. The molecule has 0 saturated carbocycles. The fourth-order valence-corrected chi connectivity index (χ4v) is 4.13. The number of anilines is 1. The highest BCUT2D eigenvalue weighted by atomic mass is 32.2. The van der Waals surface area contributed by atoms with E-state index in [1.54, 1.807) is 18.2 Å². The van der Waals surface area contributed by atoms with Crippen molar-refractivity contribution in [3.05, 3.63) is 42.9 Å². The zero-order valence-corrected chi connectivity index (χ0v) is 14.2. The lowest BCUT2D eigenvalue weighted by Gasteiger charge is -2.07. The third kappa shape index (κ3) is 2.20. The second kappa shape index (κ2) is 5.35. The highest BCUT2D eigenvalue weighted by molar-refractivity contribution is 7.90. The molecule has 4 aromatic heterocycles. The number of hydrogen-bond acceptors (Lipinski definition) is 10. The van der Waals surface area contributed by atoms with Gasteiger partial charge in [-0.3, -0.25) is 0 Å². The molecule has 0 fully saturated rings. The molecule has 27 heavy (non-hydrogen) atoms. The van der Waals surface area contributed by atoms with E-state index in [1.807, 2.05) is 0 Å². The minimum atomic E-state index is -4.11. The van der Waals surface area contributed by atoms with Gasteiger partial charge in [0, 0.05) is 0 Å². The molecule has 12 heteroatoms. The van der Waals surface area contributed by atoms with Crippen LogP contribution in [0.1, 0.15) is 0 Å². The number of benzene rings is 1. The number of nitrogens with two attached hydrogens (primary N) is 1. The van der Waals surface area contributed by atoms with Gasteiger partial charge >= 0.3 is 0 Å². The molecule has 11 nitrogen and oxygen atoms in total. The molecule has 0 amide bonds. The van der Waals surface area contributed by atoms with E-state index < -0.39 is 10.0 Å². The lowest BCUT2D eigenvalue weighted by atomic mass is 10.3. The van der Waals surface area contributed by atoms with Gasteiger partial charge in [0.1, 0.15) is 28.0 Å². The van der Waals surface area contributed by atoms with Gasteiger partial charge < -0.3 is 10.2 Å². The number of aromatic nitrogens is 6. The fraction of sp³-hybridized carbons (Fsp3) is 0. The lowest BCUT2D eigenvalue weighted by Crippen LogP contribution is -2.13. The molecule has 5 aromatic rings. The predicted molar refractivity (Wildman–Crippen MR) is 91.8 cm³/mol. The van der Waals surface area contributed by atoms with Gasteiger partial charge in [-0.15, -0.1) is 0 Å². The Morgan fingerprint density at radius 3 is 2.74 bits per heavy atom. The third-order valence-electron chi connectivity index (χ3n) is 3.92. The van der Waals surface area contributed by atoms with E-state index in [4.69, 9.17) is 10.2 Å². The van der Waals surface area contributed by atoms with Crippen LogP contribution < -0.4 is 5.73 Å². The van der Waals surface area contributed by atoms with Gasteiger partial charge in [-0.25, -0.2) is 27.0 Å². The number of hydrogen-bond donors (Lipinski definition) is 1. The third-order valence-corrected chi connectivity index (χ3v) is 5.59. The van der Waals surface area contributed by atoms with Crippen molar-refractivity contribution >= 4 is 38.2 Å². The topological polar surface area (TPSA) is 156 Å². The number of nitrogen functional groups attached to an aromatic ring is 1. The van der Waals surface area contributed by atoms with Crippen LogP contribution in [0.3, 0.4) is 0 Å². The fourth-order valence-electron chi connectivity index (χ4n) is 2.75. The first kappa shape index (κ1) is 15.5. The average Bonchev–Trinajstić information content (AvgIpc) is 3.39. The summed E-state index contributed by atoms with van der Waals surface area (Å²) in [5.41, 5.74) is 6.73. The first-order chi connectivity index (χ1) is 13.1. The number of rotatable bonds is 3. The second-order valence-electron chi connectivity index (χ2n) is 5.51. The summed E-state index contributed by atoms with van der Waals surface area (Å²) in [5.74, 6) is 0.270. The van der Waals surface area contributed by atoms with Gasteiger partial charge in [0.15, 0.2) is 16.9 Å². The van der Waals surface area contributed by atoms with Crippen LogP contribution in [-0.2, 0) is 10.0 Å². The molecule has 2 N–H and O–H groups in total. The predicted octanol–water partition coefficient (Wildman–Crippen LogP) is 1.44. The molecule has 0 spiro atoms. The van der Waals surface area contributed by atoms with E-state index in [0.717, 1.165) is 10.3 Å². The van der Waals surface area contributed by atoms with Gasteiger partial charge in [-0.05, 0) is 34.6 Å². The normalized spacial score (nSPS) is 12.1. The maximum atomic E-state index is 13.2. The molecule has 0 saturated heterocycles. The van der Waals surface area contributed by atoms with Gasteiger partial charge in [0.2, 0.25) is 5.95 Å². The van der Waals surface area contributed by atoms with E-state index in [0.29, 0.717) is 11.3 Å². The van der Waals surface area contributed by atoms with E-state index in [2.05, 4.69) is 29.9 Å². The summed E-state index contributed by atoms with van der Waals surface area (Å²) in [6.07, 6.45) is 2.60. The van der Waals surface area contributed by atoms with Crippen molar-refractivity contribution < 1.29 is 17.5 Å². The molecule has 0 atom stereocenters. The Morgan fingerprint density at radius 2 is 1.93 bits per heavy atom. The molecule has 0 radical (unpaired) electrons. The van der Waals surface area contributed by atoms with E-state index in [1.165, 1.54) is 18.4 Å². The summed E-state index contributed by atoms with van der Waals surface area (Å²) in [6.45, 7) is 0. The van der Waals surface area contributed by atoms with Crippen LogP contribution >= 0.6 is 0 Å². The zero-order chi connectivity index (χ0) is 18.6. The monoisotopic (exact) mass is 383 g/mol. The highest BCUT2D eigenvalue weighted by Crippen LogP contribution is 2.29. The van der Waals surface area contributed by atoms with E-state index in [-0.39, 0.29) is 33.2 Å². The molecule has 0 aliphatic heterocycles. The van der Waals surface area contributed by atoms with Gasteiger partial charge in [0.25, 0.3) is 10.0 Å². The van der Waals surface area contributed by atoms with Crippen molar-refractivity contribution in [2.45, 2.75) is 4.90 Å². The van der Waals surface area contributed by atoms with E-state index >= 15 is 0 Å². The van der Waals surface area contributed by atoms with Gasteiger partial charge in [0.05, 0.1) is 6.26 Å². The number of fused-ring (bicyclic) bond motifs is 2. The standard InChI is InChI=1S/C15H9N7O4S/c16-15-18-12(9-4-2-6-25-9)13-14(19-15)22(7-17-13)27(23,24)10-5-1-3-8-11(10)21-26-20-8/h1-7H,(H2,16,18,19). The first-order valence-corrected chi connectivity index (χ1v) is 9.01. The molecular formula is C15H9N7O4S. The van der Waals surface area contributed by atoms with Crippen LogP contribution in [0.15, 0.2) is 56.9 Å². The van der Waals surface area contributed by atoms with Crippen LogP contribution in [0, 0.1) is 0 Å². The summed E-state index contributed by atoms with van der Waals surface area (Å²) >= 11 is 0. The van der Waals surface area contributed by atoms with Crippen molar-refractivity contribution in [3.63, 3.8) is 0 Å². The second-order valence-corrected chi connectivity index (χ2v) is 7.30. The first-order valence-electron chi connectivity index (χ1n) is 7.57. The quantitative estimate of drug-likeness (QED) is 0.483. The molecule has 1 aromatic carbocycles. The lowest BCUT2D eigenvalue weighted by molar-refractivity contribution is 0.315. The number of furan rings is 1. The molecule has 0 aliphatic carbocycles. The molecule has 4 heterocycles. The number of imidazole rings is 1. The summed E-state index contributed by atoms with van der Waals surface area (Å²) in [6, 6.07) is 7.86. The molecule has 0 aliphatic rings. The van der Waals surface area contributed by atoms with Crippen LogP contribution in [0.25, 0.3) is 33.7 Å². The summed E-state index contributed by atoms with van der Waals surface area (Å²) in [4.78, 5) is 12.2. The van der Waals surface area contributed by atoms with Crippen molar-refractivity contribution in [3.8, 4) is 11.5 Å². The molecular weight excluding hydrogens is 374 g/mol. The summed E-state index contributed by atoms with van der Waals surface area (Å²) in [5, 5.41) is 7.34. The van der Waals surface area contributed by atoms with Crippen molar-refractivity contribution in [1.29, 1.82) is 0 Å². The van der Waals surface area contributed by atoms with Crippen LogP contribution in [-0.4, -0.2) is 37.7 Å². The van der Waals surface area contributed by atoms with Crippen LogP contribution in [0.5, 0.6) is 0 Å². The van der Waals surface area contributed by atoms with Crippen molar-refractivity contribution in [2.75, 3.05) is 5.73 Å². The van der Waals surface area contributed by atoms with E-state index in [9.17, 15) is 8.42 Å². The summed E-state index contributed by atoms with van der Waals surface area (Å²) < 4.78 is 37.3. The Bertz CT molecular complexity index is 1400. The van der Waals surface area contributed by atoms with Crippen LogP contribution in [0.4, 0.5) is 5.95 Å². The molecule has 0 bridgehead atoms.